The van der Waals surface area contributed by atoms with Crippen LogP contribution >= 0.6 is 0 Å². The van der Waals surface area contributed by atoms with Gasteiger partial charge in [0.1, 0.15) is 0 Å². The molecule has 1 amide bonds. The van der Waals surface area contributed by atoms with Crippen LogP contribution in [0.1, 0.15) is 40.0 Å². The highest BCUT2D eigenvalue weighted by Crippen LogP contribution is 2.33. The zero-order chi connectivity index (χ0) is 14.5. The van der Waals surface area contributed by atoms with Gasteiger partial charge in [0.05, 0.1) is 12.1 Å². The Balaban J connectivity index is 2.73. The number of methoxy groups -OCH3 is 1. The molecular formula is C14H29N3O2. The molecule has 0 aromatic carbocycles. The molecule has 0 aliphatic heterocycles. The van der Waals surface area contributed by atoms with E-state index in [1.807, 2.05) is 6.92 Å². The van der Waals surface area contributed by atoms with Crippen LogP contribution in [-0.2, 0) is 9.53 Å². The third-order valence-electron chi connectivity index (χ3n) is 4.28. The molecule has 1 aliphatic rings. The van der Waals surface area contributed by atoms with E-state index in [0.29, 0.717) is 12.1 Å². The van der Waals surface area contributed by atoms with Gasteiger partial charge in [-0.25, -0.2) is 0 Å². The van der Waals surface area contributed by atoms with Crippen LogP contribution in [0.5, 0.6) is 0 Å². The molecule has 0 aromatic rings. The Morgan fingerprint density at radius 1 is 1.58 bits per heavy atom. The van der Waals surface area contributed by atoms with E-state index in [1.54, 1.807) is 7.11 Å². The Morgan fingerprint density at radius 2 is 2.26 bits per heavy atom. The van der Waals surface area contributed by atoms with E-state index >= 15 is 0 Å². The molecule has 19 heavy (non-hydrogen) atoms. The van der Waals surface area contributed by atoms with Gasteiger partial charge in [-0.05, 0) is 39.3 Å². The number of carbonyl (C=O) groups is 1. The summed E-state index contributed by atoms with van der Waals surface area (Å²) in [5, 5.41) is 3.30. The van der Waals surface area contributed by atoms with Crippen LogP contribution in [0.15, 0.2) is 0 Å². The van der Waals surface area contributed by atoms with Crippen LogP contribution in [0.3, 0.4) is 0 Å². The molecule has 5 heteroatoms. The number of nitrogens with two attached hydrogens (primary N) is 1. The number of primary amides is 1. The fraction of sp³-hybridized carbons (Fsp3) is 0.929. The van der Waals surface area contributed by atoms with E-state index in [9.17, 15) is 4.79 Å². The number of hydrogen-bond donors (Lipinski definition) is 2. The largest absolute Gasteiger partial charge is 0.383 e. The Morgan fingerprint density at radius 3 is 2.74 bits per heavy atom. The van der Waals surface area contributed by atoms with Crippen LogP contribution in [0.25, 0.3) is 0 Å². The third-order valence-corrected chi connectivity index (χ3v) is 4.28. The van der Waals surface area contributed by atoms with Crippen molar-refractivity contribution in [2.45, 2.75) is 57.7 Å². The molecular weight excluding hydrogens is 242 g/mol. The average Bonchev–Trinajstić information content (AvgIpc) is 2.76. The molecule has 3 unspecified atom stereocenters. The van der Waals surface area contributed by atoms with Crippen molar-refractivity contribution >= 4 is 5.91 Å². The number of ether oxygens (including phenoxy) is 1. The lowest BCUT2D eigenvalue weighted by Crippen LogP contribution is -2.55. The van der Waals surface area contributed by atoms with Crippen molar-refractivity contribution in [3.05, 3.63) is 0 Å². The van der Waals surface area contributed by atoms with E-state index < -0.39 is 5.54 Å². The lowest BCUT2D eigenvalue weighted by Gasteiger charge is -2.34. The molecule has 1 aliphatic carbocycles. The summed E-state index contributed by atoms with van der Waals surface area (Å²) < 4.78 is 5.24. The lowest BCUT2D eigenvalue weighted by atomic mass is 9.96. The van der Waals surface area contributed by atoms with Gasteiger partial charge in [-0.3, -0.25) is 9.69 Å². The zero-order valence-corrected chi connectivity index (χ0v) is 12.7. The third kappa shape index (κ3) is 3.68. The number of nitrogens with zero attached hydrogens (tertiary/aromatic N) is 1. The number of likely N-dealkylation sites (N-methyl/N-ethyl adjacent to an activating group) is 2. The number of hydrogen-bond acceptors (Lipinski definition) is 4. The van der Waals surface area contributed by atoms with Gasteiger partial charge < -0.3 is 15.8 Å². The van der Waals surface area contributed by atoms with Gasteiger partial charge in [0.25, 0.3) is 0 Å². The molecule has 0 spiro atoms. The van der Waals surface area contributed by atoms with Crippen LogP contribution in [-0.4, -0.2) is 55.2 Å². The molecule has 0 saturated heterocycles. The summed E-state index contributed by atoms with van der Waals surface area (Å²) in [5.74, 6) is -0.215. The fourth-order valence-corrected chi connectivity index (χ4v) is 3.38. The summed E-state index contributed by atoms with van der Waals surface area (Å²) in [5.41, 5.74) is 5.10. The van der Waals surface area contributed by atoms with Crippen molar-refractivity contribution in [1.82, 2.24) is 10.2 Å². The molecule has 0 radical (unpaired) electrons. The second kappa shape index (κ2) is 7.22. The van der Waals surface area contributed by atoms with Gasteiger partial charge in [-0.1, -0.05) is 13.8 Å². The summed E-state index contributed by atoms with van der Waals surface area (Å²) in [7, 11) is 1.73. The highest BCUT2D eigenvalue weighted by atomic mass is 16.5. The van der Waals surface area contributed by atoms with Crippen LogP contribution in [0.2, 0.25) is 0 Å². The van der Waals surface area contributed by atoms with E-state index in [0.717, 1.165) is 39.0 Å². The standard InChI is InChI=1S/C14H29N3O2/c1-5-16-14(13(15)18)8-7-12(9-14)17(6-2)11(3)10-19-4/h11-12,16H,5-10H2,1-4H3,(H2,15,18). The van der Waals surface area contributed by atoms with E-state index in [-0.39, 0.29) is 5.91 Å². The Hall–Kier alpha value is -0.650. The second-order valence-electron chi connectivity index (χ2n) is 5.51. The Bertz CT molecular complexity index is 298. The summed E-state index contributed by atoms with van der Waals surface area (Å²) in [4.78, 5) is 14.2. The van der Waals surface area contributed by atoms with Gasteiger partial charge in [0, 0.05) is 19.2 Å². The first kappa shape index (κ1) is 16.4. The zero-order valence-electron chi connectivity index (χ0n) is 12.7. The predicted octanol–water partition coefficient (Wildman–Crippen LogP) is 0.729. The monoisotopic (exact) mass is 271 g/mol. The molecule has 5 nitrogen and oxygen atoms in total. The van der Waals surface area contributed by atoms with Crippen molar-refractivity contribution < 1.29 is 9.53 Å². The topological polar surface area (TPSA) is 67.6 Å². The van der Waals surface area contributed by atoms with Gasteiger partial charge in [-0.2, -0.15) is 0 Å². The summed E-state index contributed by atoms with van der Waals surface area (Å²) in [6.45, 7) is 8.80. The SMILES string of the molecule is CCNC1(C(N)=O)CCC(N(CC)C(C)COC)C1. The van der Waals surface area contributed by atoms with Crippen LogP contribution in [0, 0.1) is 0 Å². The van der Waals surface area contributed by atoms with Crippen molar-refractivity contribution in [3.63, 3.8) is 0 Å². The Labute approximate surface area is 116 Å². The minimum atomic E-state index is -0.514. The molecule has 1 fully saturated rings. The normalized spacial score (nSPS) is 28.8. The van der Waals surface area contributed by atoms with Crippen molar-refractivity contribution in [2.75, 3.05) is 26.8 Å². The highest BCUT2D eigenvalue weighted by Gasteiger charge is 2.45. The molecule has 3 N–H and O–H groups in total. The number of nitrogens with one attached hydrogen (secondary N) is 1. The Kier molecular flexibility index (Phi) is 6.23. The molecule has 0 aromatic heterocycles. The van der Waals surface area contributed by atoms with Gasteiger partial charge in [0.15, 0.2) is 0 Å². The summed E-state index contributed by atoms with van der Waals surface area (Å²) in [6.07, 6.45) is 2.65. The maximum atomic E-state index is 11.8. The van der Waals surface area contributed by atoms with Crippen molar-refractivity contribution in [3.8, 4) is 0 Å². The summed E-state index contributed by atoms with van der Waals surface area (Å²) in [6, 6.07) is 0.770. The summed E-state index contributed by atoms with van der Waals surface area (Å²) >= 11 is 0. The molecule has 0 heterocycles. The molecule has 0 bridgehead atoms. The van der Waals surface area contributed by atoms with E-state index in [4.69, 9.17) is 10.5 Å². The maximum Gasteiger partial charge on any atom is 0.237 e. The van der Waals surface area contributed by atoms with Gasteiger partial charge >= 0.3 is 0 Å². The molecule has 112 valence electrons. The highest BCUT2D eigenvalue weighted by molar-refractivity contribution is 5.85. The minimum absolute atomic E-state index is 0.215. The second-order valence-corrected chi connectivity index (χ2v) is 5.51. The quantitative estimate of drug-likeness (QED) is 0.683. The van der Waals surface area contributed by atoms with Crippen LogP contribution < -0.4 is 11.1 Å². The first-order chi connectivity index (χ1) is 9.00. The smallest absolute Gasteiger partial charge is 0.237 e. The fourth-order valence-electron chi connectivity index (χ4n) is 3.38. The molecule has 1 rings (SSSR count). The molecule has 3 atom stereocenters. The minimum Gasteiger partial charge on any atom is -0.383 e. The number of carbonyl (C=O) groups excluding carboxylic acids is 1. The average molecular weight is 271 g/mol. The first-order valence-electron chi connectivity index (χ1n) is 7.30. The maximum absolute atomic E-state index is 11.8. The van der Waals surface area contributed by atoms with E-state index in [2.05, 4.69) is 24.1 Å². The van der Waals surface area contributed by atoms with Gasteiger partial charge in [-0.15, -0.1) is 0 Å². The van der Waals surface area contributed by atoms with Gasteiger partial charge in [0.2, 0.25) is 5.91 Å². The number of amides is 1. The van der Waals surface area contributed by atoms with Crippen molar-refractivity contribution in [2.24, 2.45) is 5.73 Å². The molecule has 1 saturated carbocycles. The van der Waals surface area contributed by atoms with Crippen molar-refractivity contribution in [1.29, 1.82) is 0 Å². The lowest BCUT2D eigenvalue weighted by molar-refractivity contribution is -0.124. The van der Waals surface area contributed by atoms with Crippen LogP contribution in [0.4, 0.5) is 0 Å². The number of rotatable bonds is 8. The first-order valence-corrected chi connectivity index (χ1v) is 7.30. The predicted molar refractivity (Wildman–Crippen MR) is 77.0 cm³/mol. The van der Waals surface area contributed by atoms with E-state index in [1.165, 1.54) is 0 Å².